The molecule has 3 N–H and O–H groups in total. The second kappa shape index (κ2) is 6.67. The van der Waals surface area contributed by atoms with Crippen molar-refractivity contribution < 1.29 is 17.6 Å². The summed E-state index contributed by atoms with van der Waals surface area (Å²) in [6.45, 7) is 0.676. The van der Waals surface area contributed by atoms with Crippen LogP contribution in [0.4, 0.5) is 11.7 Å². The number of nitrogens with zero attached hydrogens (tertiary/aromatic N) is 2. The third kappa shape index (κ3) is 3.51. The van der Waals surface area contributed by atoms with Gasteiger partial charge in [0, 0.05) is 12.2 Å². The molecule has 1 amide bonds. The number of amides is 1. The van der Waals surface area contributed by atoms with Crippen LogP contribution in [-0.2, 0) is 14.8 Å². The van der Waals surface area contributed by atoms with Crippen molar-refractivity contribution in [2.75, 3.05) is 16.8 Å². The van der Waals surface area contributed by atoms with Crippen LogP contribution in [0.1, 0.15) is 12.8 Å². The number of carbonyl (C=O) groups excluding carboxylic acids is 1. The van der Waals surface area contributed by atoms with Crippen LogP contribution in [0.25, 0.3) is 11.1 Å². The Hall–Kier alpha value is -2.91. The lowest BCUT2D eigenvalue weighted by molar-refractivity contribution is -0.117. The average Bonchev–Trinajstić information content (AvgIpc) is 3.28. The first-order chi connectivity index (χ1) is 12.9. The third-order valence-electron chi connectivity index (χ3n) is 4.53. The van der Waals surface area contributed by atoms with Crippen molar-refractivity contribution in [3.05, 3.63) is 48.5 Å². The molecule has 2 aromatic carbocycles. The van der Waals surface area contributed by atoms with Crippen molar-refractivity contribution in [3.63, 3.8) is 0 Å². The van der Waals surface area contributed by atoms with Gasteiger partial charge in [-0.25, -0.2) is 13.6 Å². The van der Waals surface area contributed by atoms with Gasteiger partial charge in [0.25, 0.3) is 6.01 Å². The summed E-state index contributed by atoms with van der Waals surface area (Å²) in [7, 11) is -3.76. The van der Waals surface area contributed by atoms with E-state index in [1.54, 1.807) is 0 Å². The molecule has 3 aromatic rings. The van der Waals surface area contributed by atoms with Crippen LogP contribution in [0.5, 0.6) is 0 Å². The number of para-hydroxylation sites is 2. The predicted octanol–water partition coefficient (Wildman–Crippen LogP) is 2.08. The molecule has 0 aliphatic carbocycles. The largest absolute Gasteiger partial charge is 0.423 e. The first-order valence-corrected chi connectivity index (χ1v) is 10.0. The molecule has 0 spiro atoms. The van der Waals surface area contributed by atoms with E-state index in [2.05, 4.69) is 10.3 Å². The summed E-state index contributed by atoms with van der Waals surface area (Å²) in [4.78, 5) is 19.1. The lowest BCUT2D eigenvalue weighted by Gasteiger charge is -2.22. The number of benzene rings is 2. The van der Waals surface area contributed by atoms with E-state index in [0.29, 0.717) is 30.3 Å². The molecule has 140 valence electrons. The van der Waals surface area contributed by atoms with Gasteiger partial charge in [-0.1, -0.05) is 12.1 Å². The van der Waals surface area contributed by atoms with Crippen LogP contribution in [0.15, 0.2) is 57.8 Å². The molecule has 1 fully saturated rings. The molecule has 27 heavy (non-hydrogen) atoms. The molecule has 0 radical (unpaired) electrons. The fraction of sp³-hybridized carbons (Fsp3) is 0.222. The molecule has 2 heterocycles. The fourth-order valence-corrected chi connectivity index (χ4v) is 3.72. The van der Waals surface area contributed by atoms with Gasteiger partial charge in [0.2, 0.25) is 15.9 Å². The molecule has 1 atom stereocenters. The van der Waals surface area contributed by atoms with Crippen LogP contribution < -0.4 is 15.4 Å². The molecule has 0 saturated carbocycles. The molecule has 9 heteroatoms. The van der Waals surface area contributed by atoms with Gasteiger partial charge in [-0.15, -0.1) is 0 Å². The average molecular weight is 386 g/mol. The van der Waals surface area contributed by atoms with Gasteiger partial charge in [0.1, 0.15) is 11.6 Å². The Morgan fingerprint density at radius 3 is 2.63 bits per heavy atom. The Kier molecular flexibility index (Phi) is 4.33. The van der Waals surface area contributed by atoms with Gasteiger partial charge in [-0.2, -0.15) is 4.98 Å². The van der Waals surface area contributed by atoms with Crippen molar-refractivity contribution >= 4 is 38.7 Å². The highest BCUT2D eigenvalue weighted by atomic mass is 32.2. The van der Waals surface area contributed by atoms with E-state index in [9.17, 15) is 13.2 Å². The molecular formula is C18H18N4O4S. The van der Waals surface area contributed by atoms with Crippen LogP contribution in [-0.4, -0.2) is 31.9 Å². The van der Waals surface area contributed by atoms with Gasteiger partial charge >= 0.3 is 0 Å². The topological polar surface area (TPSA) is 119 Å². The zero-order valence-electron chi connectivity index (χ0n) is 14.3. The zero-order chi connectivity index (χ0) is 19.0. The summed E-state index contributed by atoms with van der Waals surface area (Å²) in [5, 5.41) is 7.89. The van der Waals surface area contributed by atoms with Crippen LogP contribution in [0.2, 0.25) is 0 Å². The SMILES string of the molecule is NS(=O)(=O)c1ccc(NC(=O)[C@@H]2CCCN2c2nc3ccccc3o2)cc1. The smallest absolute Gasteiger partial charge is 0.299 e. The number of hydrogen-bond donors (Lipinski definition) is 2. The van der Waals surface area contributed by atoms with Gasteiger partial charge in [-0.05, 0) is 49.2 Å². The molecule has 1 aliphatic rings. The number of fused-ring (bicyclic) bond motifs is 1. The summed E-state index contributed by atoms with van der Waals surface area (Å²) >= 11 is 0. The highest BCUT2D eigenvalue weighted by molar-refractivity contribution is 7.89. The van der Waals surface area contributed by atoms with Gasteiger partial charge in [-0.3, -0.25) is 4.79 Å². The maximum atomic E-state index is 12.7. The van der Waals surface area contributed by atoms with E-state index in [1.807, 2.05) is 29.2 Å². The van der Waals surface area contributed by atoms with Crippen LogP contribution in [0, 0.1) is 0 Å². The second-order valence-corrected chi connectivity index (χ2v) is 7.94. The molecule has 8 nitrogen and oxygen atoms in total. The first kappa shape index (κ1) is 17.5. The van der Waals surface area contributed by atoms with Gasteiger partial charge < -0.3 is 14.6 Å². The van der Waals surface area contributed by atoms with Crippen LogP contribution in [0.3, 0.4) is 0 Å². The van der Waals surface area contributed by atoms with Gasteiger partial charge in [0.15, 0.2) is 5.58 Å². The predicted molar refractivity (Wildman–Crippen MR) is 101 cm³/mol. The Balaban J connectivity index is 1.52. The summed E-state index contributed by atoms with van der Waals surface area (Å²) in [5.74, 6) is -0.196. The number of anilines is 2. The highest BCUT2D eigenvalue weighted by Gasteiger charge is 2.33. The minimum atomic E-state index is -3.76. The minimum absolute atomic E-state index is 0.00512. The highest BCUT2D eigenvalue weighted by Crippen LogP contribution is 2.29. The van der Waals surface area contributed by atoms with Crippen molar-refractivity contribution in [1.29, 1.82) is 0 Å². The molecule has 1 saturated heterocycles. The number of oxazole rings is 1. The Morgan fingerprint density at radius 2 is 1.93 bits per heavy atom. The second-order valence-electron chi connectivity index (χ2n) is 6.37. The molecule has 1 aliphatic heterocycles. The van der Waals surface area contributed by atoms with E-state index in [1.165, 1.54) is 24.3 Å². The number of hydrogen-bond acceptors (Lipinski definition) is 6. The van der Waals surface area contributed by atoms with E-state index in [-0.39, 0.29) is 10.8 Å². The molecule has 0 unspecified atom stereocenters. The summed E-state index contributed by atoms with van der Waals surface area (Å²) < 4.78 is 28.4. The summed E-state index contributed by atoms with van der Waals surface area (Å²) in [6.07, 6.45) is 1.53. The monoisotopic (exact) mass is 386 g/mol. The van der Waals surface area contributed by atoms with E-state index in [0.717, 1.165) is 11.9 Å². The van der Waals surface area contributed by atoms with E-state index < -0.39 is 16.1 Å². The number of primary sulfonamides is 1. The van der Waals surface area contributed by atoms with Crippen LogP contribution >= 0.6 is 0 Å². The number of sulfonamides is 1. The quantitative estimate of drug-likeness (QED) is 0.709. The third-order valence-corrected chi connectivity index (χ3v) is 5.46. The van der Waals surface area contributed by atoms with Crippen molar-refractivity contribution in [1.82, 2.24) is 4.98 Å². The number of rotatable bonds is 4. The molecule has 0 bridgehead atoms. The number of carbonyl (C=O) groups is 1. The minimum Gasteiger partial charge on any atom is -0.423 e. The van der Waals surface area contributed by atoms with Crippen molar-refractivity contribution in [2.24, 2.45) is 5.14 Å². The van der Waals surface area contributed by atoms with Gasteiger partial charge in [0.05, 0.1) is 4.90 Å². The maximum Gasteiger partial charge on any atom is 0.299 e. The molecule has 1 aromatic heterocycles. The zero-order valence-corrected chi connectivity index (χ0v) is 15.1. The lowest BCUT2D eigenvalue weighted by Crippen LogP contribution is -2.39. The molecular weight excluding hydrogens is 368 g/mol. The summed E-state index contributed by atoms with van der Waals surface area (Å²) in [5.41, 5.74) is 1.92. The number of nitrogens with one attached hydrogen (secondary N) is 1. The van der Waals surface area contributed by atoms with E-state index in [4.69, 9.17) is 9.56 Å². The van der Waals surface area contributed by atoms with E-state index >= 15 is 0 Å². The van der Waals surface area contributed by atoms with Crippen molar-refractivity contribution in [3.8, 4) is 0 Å². The maximum absolute atomic E-state index is 12.7. The fourth-order valence-electron chi connectivity index (χ4n) is 3.20. The summed E-state index contributed by atoms with van der Waals surface area (Å²) in [6, 6.07) is 13.2. The molecule has 4 rings (SSSR count). The first-order valence-electron chi connectivity index (χ1n) is 8.48. The van der Waals surface area contributed by atoms with Crippen molar-refractivity contribution in [2.45, 2.75) is 23.8 Å². The Labute approximate surface area is 156 Å². The Bertz CT molecular complexity index is 1060. The lowest BCUT2D eigenvalue weighted by atomic mass is 10.2. The number of aromatic nitrogens is 1. The standard InChI is InChI=1S/C18H18N4O4S/c19-27(24,25)13-9-7-12(8-10-13)20-17(23)15-5-3-11-22(15)18-21-14-4-1-2-6-16(14)26-18/h1-2,4,6-10,15H,3,5,11H2,(H,20,23)(H2,19,24,25)/t15-/m0/s1. The Morgan fingerprint density at radius 1 is 1.19 bits per heavy atom. The number of nitrogens with two attached hydrogens (primary N) is 1. The normalized spacial score (nSPS) is 17.4.